The summed E-state index contributed by atoms with van der Waals surface area (Å²) in [5.74, 6) is 1.27. The molecule has 3 atom stereocenters. The Bertz CT molecular complexity index is 560. The smallest absolute Gasteiger partial charge is 0.162 e. The molecule has 0 saturated heterocycles. The molecule has 0 aromatic heterocycles. The van der Waals surface area contributed by atoms with E-state index in [1.165, 1.54) is 16.9 Å². The van der Waals surface area contributed by atoms with Crippen molar-refractivity contribution in [3.05, 3.63) is 41.6 Å². The first-order valence-electron chi connectivity index (χ1n) is 6.85. The Kier molecular flexibility index (Phi) is 2.00. The van der Waals surface area contributed by atoms with Gasteiger partial charge in [-0.3, -0.25) is 4.79 Å². The van der Waals surface area contributed by atoms with Gasteiger partial charge in [0.15, 0.2) is 5.78 Å². The summed E-state index contributed by atoms with van der Waals surface area (Å²) in [7, 11) is 0. The lowest BCUT2D eigenvalue weighted by Crippen LogP contribution is -2.42. The Morgan fingerprint density at radius 2 is 2.06 bits per heavy atom. The summed E-state index contributed by atoms with van der Waals surface area (Å²) in [4.78, 5) is 14.7. The molecule has 1 aromatic rings. The van der Waals surface area contributed by atoms with Crippen LogP contribution in [0.3, 0.4) is 0 Å². The number of carbonyl (C=O) groups excluding carboxylic acids is 1. The summed E-state index contributed by atoms with van der Waals surface area (Å²) in [6.45, 7) is 2.27. The number of benzene rings is 1. The molecule has 0 amide bonds. The van der Waals surface area contributed by atoms with Crippen LogP contribution in [0.2, 0.25) is 0 Å². The Balaban J connectivity index is 1.84. The van der Waals surface area contributed by atoms with Crippen LogP contribution >= 0.6 is 0 Å². The van der Waals surface area contributed by atoms with Crippen molar-refractivity contribution >= 4 is 11.5 Å². The van der Waals surface area contributed by atoms with Crippen LogP contribution in [0.15, 0.2) is 36.0 Å². The van der Waals surface area contributed by atoms with Gasteiger partial charge in [0.05, 0.1) is 0 Å². The molecular formula is C16H17NO. The second kappa shape index (κ2) is 3.47. The van der Waals surface area contributed by atoms with Crippen LogP contribution in [-0.4, -0.2) is 11.8 Å². The van der Waals surface area contributed by atoms with Gasteiger partial charge in [-0.2, -0.15) is 0 Å². The van der Waals surface area contributed by atoms with E-state index in [4.69, 9.17) is 0 Å². The summed E-state index contributed by atoms with van der Waals surface area (Å²) in [5.41, 5.74) is 3.92. The molecule has 0 bridgehead atoms. The highest BCUT2D eigenvalue weighted by Gasteiger charge is 2.45. The normalized spacial score (nSPS) is 32.9. The highest BCUT2D eigenvalue weighted by Crippen LogP contribution is 2.46. The van der Waals surface area contributed by atoms with Gasteiger partial charge >= 0.3 is 0 Å². The predicted molar refractivity (Wildman–Crippen MR) is 71.4 cm³/mol. The summed E-state index contributed by atoms with van der Waals surface area (Å²) in [6.07, 6.45) is 5.05. The maximum Gasteiger partial charge on any atom is 0.162 e. The summed E-state index contributed by atoms with van der Waals surface area (Å²) >= 11 is 0. The third-order valence-corrected chi connectivity index (χ3v) is 4.70. The van der Waals surface area contributed by atoms with E-state index < -0.39 is 0 Å². The number of hydrogen-bond donors (Lipinski definition) is 0. The molecule has 2 heterocycles. The molecule has 2 heteroatoms. The molecular weight excluding hydrogens is 222 g/mol. The molecule has 2 aliphatic heterocycles. The Morgan fingerprint density at radius 1 is 1.22 bits per heavy atom. The lowest BCUT2D eigenvalue weighted by molar-refractivity contribution is -0.118. The molecule has 18 heavy (non-hydrogen) atoms. The van der Waals surface area contributed by atoms with Gasteiger partial charge < -0.3 is 4.90 Å². The van der Waals surface area contributed by atoms with Crippen molar-refractivity contribution in [2.75, 3.05) is 4.90 Å². The number of carbonyl (C=O) groups is 1. The second-order valence-corrected chi connectivity index (χ2v) is 5.96. The maximum atomic E-state index is 12.2. The minimum atomic E-state index is 0.231. The van der Waals surface area contributed by atoms with Crippen LogP contribution in [0.4, 0.5) is 5.69 Å². The maximum absolute atomic E-state index is 12.2. The standard InChI is InChI=1S/C16H17NO/c1-10-6-13-15(7-10)17-12(9-16(13)18)8-11-4-2-3-5-14(11)17/h2-5,9-10,13,15H,6-8H2,1H3. The van der Waals surface area contributed by atoms with E-state index in [0.29, 0.717) is 17.7 Å². The fourth-order valence-corrected chi connectivity index (χ4v) is 3.97. The number of fused-ring (bicyclic) bond motifs is 5. The van der Waals surface area contributed by atoms with E-state index in [9.17, 15) is 4.79 Å². The molecule has 3 unspecified atom stereocenters. The van der Waals surface area contributed by atoms with Crippen molar-refractivity contribution in [2.24, 2.45) is 11.8 Å². The SMILES string of the molecule is CC1CC2C(=O)C=C3Cc4ccccc4N3C2C1. The third-order valence-electron chi connectivity index (χ3n) is 4.70. The van der Waals surface area contributed by atoms with Gasteiger partial charge in [0, 0.05) is 35.8 Å². The Labute approximate surface area is 107 Å². The first kappa shape index (κ1) is 10.4. The molecule has 92 valence electrons. The number of para-hydroxylation sites is 1. The molecule has 0 N–H and O–H groups in total. The molecule has 0 radical (unpaired) electrons. The van der Waals surface area contributed by atoms with Crippen molar-refractivity contribution in [3.8, 4) is 0 Å². The number of nitrogens with zero attached hydrogens (tertiary/aromatic N) is 1. The van der Waals surface area contributed by atoms with Crippen molar-refractivity contribution in [1.82, 2.24) is 0 Å². The largest absolute Gasteiger partial charge is 0.341 e. The second-order valence-electron chi connectivity index (χ2n) is 5.96. The lowest BCUT2D eigenvalue weighted by atomic mass is 9.92. The van der Waals surface area contributed by atoms with Crippen LogP contribution < -0.4 is 4.90 Å². The Hall–Kier alpha value is -1.57. The molecule has 1 aliphatic carbocycles. The molecule has 0 spiro atoms. The zero-order valence-corrected chi connectivity index (χ0v) is 10.6. The van der Waals surface area contributed by atoms with Crippen LogP contribution in [0, 0.1) is 11.8 Å². The van der Waals surface area contributed by atoms with Crippen LogP contribution in [-0.2, 0) is 11.2 Å². The van der Waals surface area contributed by atoms with E-state index in [0.717, 1.165) is 19.3 Å². The number of rotatable bonds is 0. The van der Waals surface area contributed by atoms with E-state index in [1.807, 2.05) is 6.08 Å². The molecule has 3 aliphatic rings. The van der Waals surface area contributed by atoms with Crippen molar-refractivity contribution < 1.29 is 4.79 Å². The topological polar surface area (TPSA) is 20.3 Å². The summed E-state index contributed by atoms with van der Waals surface area (Å²) < 4.78 is 0. The van der Waals surface area contributed by atoms with Crippen molar-refractivity contribution in [1.29, 1.82) is 0 Å². The van der Waals surface area contributed by atoms with Gasteiger partial charge in [-0.05, 0) is 30.4 Å². The first-order chi connectivity index (χ1) is 8.74. The minimum Gasteiger partial charge on any atom is -0.341 e. The average molecular weight is 239 g/mol. The quantitative estimate of drug-likeness (QED) is 0.693. The predicted octanol–water partition coefficient (Wildman–Crippen LogP) is 2.93. The fourth-order valence-electron chi connectivity index (χ4n) is 3.97. The zero-order chi connectivity index (χ0) is 12.3. The van der Waals surface area contributed by atoms with Crippen LogP contribution in [0.25, 0.3) is 0 Å². The summed E-state index contributed by atoms with van der Waals surface area (Å²) in [5, 5.41) is 0. The number of hydrogen-bond acceptors (Lipinski definition) is 2. The number of ketones is 1. The van der Waals surface area contributed by atoms with Gasteiger partial charge in [0.25, 0.3) is 0 Å². The van der Waals surface area contributed by atoms with Gasteiger partial charge in [-0.1, -0.05) is 25.1 Å². The summed E-state index contributed by atoms with van der Waals surface area (Å²) in [6, 6.07) is 8.99. The number of anilines is 1. The third kappa shape index (κ3) is 1.26. The van der Waals surface area contributed by atoms with Gasteiger partial charge in [-0.25, -0.2) is 0 Å². The molecule has 1 saturated carbocycles. The molecule has 1 fully saturated rings. The Morgan fingerprint density at radius 3 is 2.94 bits per heavy atom. The first-order valence-corrected chi connectivity index (χ1v) is 6.85. The highest BCUT2D eigenvalue weighted by molar-refractivity contribution is 5.97. The van der Waals surface area contributed by atoms with Gasteiger partial charge in [0.1, 0.15) is 0 Å². The van der Waals surface area contributed by atoms with E-state index in [1.54, 1.807) is 0 Å². The monoisotopic (exact) mass is 239 g/mol. The van der Waals surface area contributed by atoms with Crippen LogP contribution in [0.5, 0.6) is 0 Å². The highest BCUT2D eigenvalue weighted by atomic mass is 16.1. The van der Waals surface area contributed by atoms with Crippen molar-refractivity contribution in [3.63, 3.8) is 0 Å². The van der Waals surface area contributed by atoms with Gasteiger partial charge in [-0.15, -0.1) is 0 Å². The van der Waals surface area contributed by atoms with E-state index in [-0.39, 0.29) is 5.92 Å². The van der Waals surface area contributed by atoms with Crippen molar-refractivity contribution in [2.45, 2.75) is 32.2 Å². The minimum absolute atomic E-state index is 0.231. The number of allylic oxidation sites excluding steroid dienone is 2. The average Bonchev–Trinajstić information content (AvgIpc) is 2.88. The van der Waals surface area contributed by atoms with Gasteiger partial charge in [0.2, 0.25) is 0 Å². The van der Waals surface area contributed by atoms with E-state index in [2.05, 4.69) is 36.1 Å². The van der Waals surface area contributed by atoms with E-state index >= 15 is 0 Å². The molecule has 4 rings (SSSR count). The zero-order valence-electron chi connectivity index (χ0n) is 10.6. The molecule has 1 aromatic carbocycles. The fraction of sp³-hybridized carbons (Fsp3) is 0.438. The lowest BCUT2D eigenvalue weighted by Gasteiger charge is -2.35. The van der Waals surface area contributed by atoms with Crippen LogP contribution in [0.1, 0.15) is 25.3 Å². The molecule has 2 nitrogen and oxygen atoms in total.